The summed E-state index contributed by atoms with van der Waals surface area (Å²) in [6, 6.07) is 14.1. The molecule has 5 heteroatoms. The van der Waals surface area contributed by atoms with E-state index in [0.29, 0.717) is 11.5 Å². The minimum absolute atomic E-state index is 0.146. The van der Waals surface area contributed by atoms with Gasteiger partial charge in [0.2, 0.25) is 0 Å². The normalized spacial score (nSPS) is 21.3. The molecule has 2 aliphatic heterocycles. The predicted molar refractivity (Wildman–Crippen MR) is 109 cm³/mol. The molecule has 0 radical (unpaired) electrons. The molecule has 0 unspecified atom stereocenters. The number of nitriles is 1. The summed E-state index contributed by atoms with van der Waals surface area (Å²) in [6.45, 7) is 4.62. The predicted octanol–water partition coefficient (Wildman–Crippen LogP) is 3.65. The molecule has 0 aliphatic carbocycles. The SMILES string of the molecule is CCCc1ccccc1C(=O)N1CC[C@H]2CCN(c3cc(C#N)ccn3)[C@H]2C1. The van der Waals surface area contributed by atoms with Gasteiger partial charge in [-0.05, 0) is 48.9 Å². The number of nitrogens with zero attached hydrogens (tertiary/aromatic N) is 4. The Morgan fingerprint density at radius 3 is 2.89 bits per heavy atom. The summed E-state index contributed by atoms with van der Waals surface area (Å²) in [7, 11) is 0. The standard InChI is InChI=1S/C23H26N4O/c1-2-5-18-6-3-4-7-20(18)23(28)26-12-9-19-10-13-27(21(19)16-26)22-14-17(15-24)8-11-25-22/h3-4,6-8,11,14,19,21H,2,5,9-10,12-13,16H2,1H3/t19-,21-/m0/s1. The Labute approximate surface area is 166 Å². The number of aromatic nitrogens is 1. The molecule has 2 saturated heterocycles. The number of carbonyl (C=O) groups excluding carboxylic acids is 1. The number of anilines is 1. The maximum atomic E-state index is 13.3. The third-order valence-electron chi connectivity index (χ3n) is 6.09. The Balaban J connectivity index is 1.55. The van der Waals surface area contributed by atoms with E-state index in [0.717, 1.165) is 62.3 Å². The topological polar surface area (TPSA) is 60.2 Å². The van der Waals surface area contributed by atoms with E-state index in [1.807, 2.05) is 29.2 Å². The van der Waals surface area contributed by atoms with Crippen molar-refractivity contribution < 1.29 is 4.79 Å². The van der Waals surface area contributed by atoms with Gasteiger partial charge in [0.05, 0.1) is 17.7 Å². The number of carbonyl (C=O) groups is 1. The second-order valence-corrected chi connectivity index (χ2v) is 7.77. The maximum absolute atomic E-state index is 13.3. The fourth-order valence-electron chi connectivity index (χ4n) is 4.64. The van der Waals surface area contributed by atoms with Crippen molar-refractivity contribution in [1.82, 2.24) is 9.88 Å². The third kappa shape index (κ3) is 3.47. The summed E-state index contributed by atoms with van der Waals surface area (Å²) >= 11 is 0. The van der Waals surface area contributed by atoms with Gasteiger partial charge >= 0.3 is 0 Å². The minimum Gasteiger partial charge on any atom is -0.352 e. The molecule has 0 bridgehead atoms. The number of hydrogen-bond acceptors (Lipinski definition) is 4. The second kappa shape index (κ2) is 8.02. The molecule has 1 aromatic heterocycles. The quantitative estimate of drug-likeness (QED) is 0.820. The van der Waals surface area contributed by atoms with Crippen molar-refractivity contribution in [2.75, 3.05) is 24.5 Å². The molecule has 2 atom stereocenters. The number of benzene rings is 1. The van der Waals surface area contributed by atoms with Crippen molar-refractivity contribution in [3.05, 3.63) is 59.3 Å². The van der Waals surface area contributed by atoms with Crippen LogP contribution in [0.1, 0.15) is 47.7 Å². The summed E-state index contributed by atoms with van der Waals surface area (Å²) < 4.78 is 0. The molecule has 1 amide bonds. The molecule has 4 rings (SSSR count). The molecule has 144 valence electrons. The van der Waals surface area contributed by atoms with Gasteiger partial charge in [0.25, 0.3) is 5.91 Å². The average Bonchev–Trinajstić information content (AvgIpc) is 3.17. The lowest BCUT2D eigenvalue weighted by molar-refractivity contribution is 0.0677. The average molecular weight is 374 g/mol. The van der Waals surface area contributed by atoms with E-state index >= 15 is 0 Å². The first kappa shape index (κ1) is 18.5. The van der Waals surface area contributed by atoms with Gasteiger partial charge in [0.15, 0.2) is 0 Å². The highest BCUT2D eigenvalue weighted by atomic mass is 16.2. The highest BCUT2D eigenvalue weighted by Gasteiger charge is 2.40. The van der Waals surface area contributed by atoms with E-state index in [4.69, 9.17) is 0 Å². The number of rotatable bonds is 4. The van der Waals surface area contributed by atoms with Gasteiger partial charge < -0.3 is 9.80 Å². The number of piperidine rings is 1. The lowest BCUT2D eigenvalue weighted by Gasteiger charge is -2.39. The molecular formula is C23H26N4O. The van der Waals surface area contributed by atoms with E-state index in [2.05, 4.69) is 28.9 Å². The molecular weight excluding hydrogens is 348 g/mol. The third-order valence-corrected chi connectivity index (χ3v) is 6.09. The van der Waals surface area contributed by atoms with Crippen molar-refractivity contribution in [3.63, 3.8) is 0 Å². The van der Waals surface area contributed by atoms with Crippen LogP contribution in [0.5, 0.6) is 0 Å². The fraction of sp³-hybridized carbons (Fsp3) is 0.435. The van der Waals surface area contributed by atoms with Gasteiger partial charge in [-0.3, -0.25) is 4.79 Å². The summed E-state index contributed by atoms with van der Waals surface area (Å²) in [6.07, 6.45) is 5.81. The molecule has 5 nitrogen and oxygen atoms in total. The van der Waals surface area contributed by atoms with Crippen LogP contribution in [0, 0.1) is 17.2 Å². The number of pyridine rings is 1. The largest absolute Gasteiger partial charge is 0.352 e. The van der Waals surface area contributed by atoms with Crippen LogP contribution in [-0.2, 0) is 6.42 Å². The molecule has 1 aromatic carbocycles. The number of fused-ring (bicyclic) bond motifs is 1. The molecule has 2 aliphatic rings. The first-order chi connectivity index (χ1) is 13.7. The van der Waals surface area contributed by atoms with Crippen molar-refractivity contribution in [2.45, 2.75) is 38.6 Å². The Morgan fingerprint density at radius 2 is 2.07 bits per heavy atom. The molecule has 0 saturated carbocycles. The van der Waals surface area contributed by atoms with Crippen LogP contribution in [0.3, 0.4) is 0 Å². The lowest BCUT2D eigenvalue weighted by Crippen LogP contribution is -2.50. The zero-order chi connectivity index (χ0) is 19.5. The van der Waals surface area contributed by atoms with Gasteiger partial charge in [0, 0.05) is 31.4 Å². The van der Waals surface area contributed by atoms with Crippen LogP contribution in [0.25, 0.3) is 0 Å². The van der Waals surface area contributed by atoms with Crippen LogP contribution in [0.15, 0.2) is 42.6 Å². The molecule has 3 heterocycles. The fourth-order valence-corrected chi connectivity index (χ4v) is 4.64. The zero-order valence-electron chi connectivity index (χ0n) is 16.3. The van der Waals surface area contributed by atoms with E-state index in [1.54, 1.807) is 12.3 Å². The highest BCUT2D eigenvalue weighted by Crippen LogP contribution is 2.35. The lowest BCUT2D eigenvalue weighted by atomic mass is 9.91. The van der Waals surface area contributed by atoms with E-state index in [1.165, 1.54) is 0 Å². The first-order valence-corrected chi connectivity index (χ1v) is 10.2. The Morgan fingerprint density at radius 1 is 1.25 bits per heavy atom. The summed E-state index contributed by atoms with van der Waals surface area (Å²) in [5.74, 6) is 1.59. The zero-order valence-corrected chi connectivity index (χ0v) is 16.3. The maximum Gasteiger partial charge on any atom is 0.254 e. The molecule has 0 N–H and O–H groups in total. The van der Waals surface area contributed by atoms with Crippen LogP contribution < -0.4 is 4.90 Å². The van der Waals surface area contributed by atoms with Gasteiger partial charge in [0.1, 0.15) is 5.82 Å². The monoisotopic (exact) mass is 374 g/mol. The molecule has 28 heavy (non-hydrogen) atoms. The van der Waals surface area contributed by atoms with Crippen LogP contribution in [-0.4, -0.2) is 41.5 Å². The Hall–Kier alpha value is -2.87. The van der Waals surface area contributed by atoms with Gasteiger partial charge in [-0.1, -0.05) is 31.5 Å². The van der Waals surface area contributed by atoms with Crippen molar-refractivity contribution in [3.8, 4) is 6.07 Å². The number of likely N-dealkylation sites (tertiary alicyclic amines) is 1. The first-order valence-electron chi connectivity index (χ1n) is 10.2. The van der Waals surface area contributed by atoms with Crippen molar-refractivity contribution in [1.29, 1.82) is 5.26 Å². The summed E-state index contributed by atoms with van der Waals surface area (Å²) in [5, 5.41) is 9.20. The number of hydrogen-bond donors (Lipinski definition) is 0. The van der Waals surface area contributed by atoms with Crippen LogP contribution >= 0.6 is 0 Å². The minimum atomic E-state index is 0.146. The van der Waals surface area contributed by atoms with Crippen molar-refractivity contribution in [2.24, 2.45) is 5.92 Å². The molecule has 0 spiro atoms. The van der Waals surface area contributed by atoms with E-state index in [-0.39, 0.29) is 11.9 Å². The molecule has 2 aromatic rings. The van der Waals surface area contributed by atoms with Gasteiger partial charge in [-0.2, -0.15) is 5.26 Å². The van der Waals surface area contributed by atoms with Gasteiger partial charge in [-0.25, -0.2) is 4.98 Å². The van der Waals surface area contributed by atoms with Crippen LogP contribution in [0.4, 0.5) is 5.82 Å². The smallest absolute Gasteiger partial charge is 0.254 e. The highest BCUT2D eigenvalue weighted by molar-refractivity contribution is 5.95. The number of amides is 1. The summed E-state index contributed by atoms with van der Waals surface area (Å²) in [5.41, 5.74) is 2.62. The number of aryl methyl sites for hydroxylation is 1. The van der Waals surface area contributed by atoms with Gasteiger partial charge in [-0.15, -0.1) is 0 Å². The Kier molecular flexibility index (Phi) is 5.29. The molecule has 2 fully saturated rings. The van der Waals surface area contributed by atoms with Crippen molar-refractivity contribution >= 4 is 11.7 Å². The second-order valence-electron chi connectivity index (χ2n) is 7.77. The Bertz CT molecular complexity index is 903. The summed E-state index contributed by atoms with van der Waals surface area (Å²) in [4.78, 5) is 22.1. The van der Waals surface area contributed by atoms with E-state index < -0.39 is 0 Å². The van der Waals surface area contributed by atoms with Crippen LogP contribution in [0.2, 0.25) is 0 Å². The van der Waals surface area contributed by atoms with E-state index in [9.17, 15) is 10.1 Å².